The molecule has 0 bridgehead atoms. The molecule has 0 saturated carbocycles. The maximum atomic E-state index is 12.4. The van der Waals surface area contributed by atoms with E-state index in [0.29, 0.717) is 10.6 Å². The van der Waals surface area contributed by atoms with Crippen molar-refractivity contribution in [1.29, 1.82) is 0 Å². The zero-order valence-electron chi connectivity index (χ0n) is 10.7. The zero-order chi connectivity index (χ0) is 15.7. The van der Waals surface area contributed by atoms with Gasteiger partial charge in [0.15, 0.2) is 5.75 Å². The Morgan fingerprint density at radius 1 is 0.955 bits per heavy atom. The van der Waals surface area contributed by atoms with E-state index in [-0.39, 0.29) is 29.5 Å². The van der Waals surface area contributed by atoms with Crippen LogP contribution in [0.3, 0.4) is 0 Å². The second kappa shape index (κ2) is 7.05. The first kappa shape index (κ1) is 19.0. The topological polar surface area (TPSA) is 43.4 Å². The Balaban J connectivity index is 0.00000242. The van der Waals surface area contributed by atoms with Crippen LogP contribution in [-0.2, 0) is 10.1 Å². The van der Waals surface area contributed by atoms with E-state index in [2.05, 4.69) is 4.18 Å². The molecule has 0 N–H and O–H groups in total. The van der Waals surface area contributed by atoms with Gasteiger partial charge in [-0.3, -0.25) is 0 Å². The number of halogens is 5. The van der Waals surface area contributed by atoms with E-state index in [1.165, 1.54) is 24.3 Å². The van der Waals surface area contributed by atoms with E-state index in [1.807, 2.05) is 0 Å². The molecule has 0 saturated heterocycles. The Morgan fingerprint density at radius 2 is 1.50 bits per heavy atom. The lowest BCUT2D eigenvalue weighted by molar-refractivity contribution is -0.0499. The highest BCUT2D eigenvalue weighted by atomic mass is 127. The van der Waals surface area contributed by atoms with Crippen molar-refractivity contribution in [3.8, 4) is 16.9 Å². The molecule has 120 valence electrons. The maximum absolute atomic E-state index is 12.4. The lowest BCUT2D eigenvalue weighted by atomic mass is 10.1. The first-order chi connectivity index (χ1) is 9.71. The molecule has 0 radical (unpaired) electrons. The molecule has 0 aromatic heterocycles. The van der Waals surface area contributed by atoms with Crippen LogP contribution >= 0.6 is 35.6 Å². The Bertz CT molecular complexity index is 746. The normalized spacial score (nSPS) is 11.6. The van der Waals surface area contributed by atoms with Crippen LogP contribution in [0.15, 0.2) is 48.5 Å². The molecular formula is C13H9ClF3IO3S. The minimum absolute atomic E-state index is 0. The highest BCUT2D eigenvalue weighted by molar-refractivity contribution is 14.0. The molecular weight excluding hydrogens is 456 g/mol. The maximum Gasteiger partial charge on any atom is 0.534 e. The summed E-state index contributed by atoms with van der Waals surface area (Å²) in [5.41, 5.74) is -4.80. The average Bonchev–Trinajstić information content (AvgIpc) is 2.39. The quantitative estimate of drug-likeness (QED) is 0.370. The van der Waals surface area contributed by atoms with Gasteiger partial charge in [0.25, 0.3) is 0 Å². The van der Waals surface area contributed by atoms with Crippen molar-refractivity contribution < 1.29 is 25.8 Å². The summed E-state index contributed by atoms with van der Waals surface area (Å²) in [6.45, 7) is 0. The van der Waals surface area contributed by atoms with Gasteiger partial charge in [0.2, 0.25) is 0 Å². The Kier molecular flexibility index (Phi) is 6.10. The molecule has 3 nitrogen and oxygen atoms in total. The number of hydrogen-bond acceptors (Lipinski definition) is 3. The SMILES string of the molecule is I.O=S(=O)(Oc1ccccc1-c1ccc(Cl)cc1)C(F)(F)F. The fourth-order valence-corrected chi connectivity index (χ4v) is 2.17. The Hall–Kier alpha value is -1.00. The van der Waals surface area contributed by atoms with Crippen LogP contribution in [0, 0.1) is 0 Å². The van der Waals surface area contributed by atoms with Crippen LogP contribution in [0.4, 0.5) is 13.2 Å². The predicted molar refractivity (Wildman–Crippen MR) is 87.9 cm³/mol. The van der Waals surface area contributed by atoms with Crippen molar-refractivity contribution in [2.24, 2.45) is 0 Å². The molecule has 0 unspecified atom stereocenters. The van der Waals surface area contributed by atoms with Crippen molar-refractivity contribution >= 4 is 45.7 Å². The van der Waals surface area contributed by atoms with Crippen molar-refractivity contribution in [2.75, 3.05) is 0 Å². The fraction of sp³-hybridized carbons (Fsp3) is 0.0769. The number of rotatable bonds is 3. The first-order valence-electron chi connectivity index (χ1n) is 5.56. The van der Waals surface area contributed by atoms with E-state index in [1.54, 1.807) is 18.2 Å². The van der Waals surface area contributed by atoms with E-state index >= 15 is 0 Å². The molecule has 0 amide bonds. The molecule has 0 heterocycles. The molecule has 9 heteroatoms. The van der Waals surface area contributed by atoms with Gasteiger partial charge >= 0.3 is 15.6 Å². The molecule has 2 rings (SSSR count). The fourth-order valence-electron chi connectivity index (χ4n) is 1.57. The third-order valence-electron chi connectivity index (χ3n) is 2.53. The summed E-state index contributed by atoms with van der Waals surface area (Å²) in [7, 11) is -5.72. The molecule has 0 aliphatic heterocycles. The van der Waals surface area contributed by atoms with E-state index in [4.69, 9.17) is 11.6 Å². The zero-order valence-corrected chi connectivity index (χ0v) is 14.6. The monoisotopic (exact) mass is 464 g/mol. The van der Waals surface area contributed by atoms with Gasteiger partial charge in [-0.2, -0.15) is 21.6 Å². The molecule has 0 aliphatic rings. The molecule has 0 spiro atoms. The Morgan fingerprint density at radius 3 is 2.05 bits per heavy atom. The van der Waals surface area contributed by atoms with Crippen LogP contribution in [0.25, 0.3) is 11.1 Å². The first-order valence-corrected chi connectivity index (χ1v) is 7.35. The molecule has 0 aliphatic carbocycles. The molecule has 2 aromatic rings. The second-order valence-electron chi connectivity index (χ2n) is 3.99. The highest BCUT2D eigenvalue weighted by Gasteiger charge is 2.48. The largest absolute Gasteiger partial charge is 0.534 e. The summed E-state index contributed by atoms with van der Waals surface area (Å²) in [4.78, 5) is 0. The number of hydrogen-bond donors (Lipinski definition) is 0. The second-order valence-corrected chi connectivity index (χ2v) is 5.96. The van der Waals surface area contributed by atoms with Crippen molar-refractivity contribution in [2.45, 2.75) is 5.51 Å². The van der Waals surface area contributed by atoms with Crippen LogP contribution < -0.4 is 4.18 Å². The summed E-state index contributed by atoms with van der Waals surface area (Å²) in [6.07, 6.45) is 0. The van der Waals surface area contributed by atoms with Crippen molar-refractivity contribution in [1.82, 2.24) is 0 Å². The van der Waals surface area contributed by atoms with Crippen LogP contribution in [0.5, 0.6) is 5.75 Å². The van der Waals surface area contributed by atoms with E-state index in [0.717, 1.165) is 6.07 Å². The van der Waals surface area contributed by atoms with Gasteiger partial charge in [-0.25, -0.2) is 0 Å². The number of alkyl halides is 3. The molecule has 0 fully saturated rings. The summed E-state index contributed by atoms with van der Waals surface area (Å²) >= 11 is 5.73. The van der Waals surface area contributed by atoms with E-state index < -0.39 is 21.4 Å². The van der Waals surface area contributed by atoms with Crippen molar-refractivity contribution in [3.63, 3.8) is 0 Å². The lowest BCUT2D eigenvalue weighted by Gasteiger charge is -2.13. The standard InChI is InChI=1S/C13H8ClF3O3S.HI/c14-10-7-5-9(6-8-10)11-3-1-2-4-12(11)20-21(18,19)13(15,16)17;/h1-8H;1H. The predicted octanol–water partition coefficient (Wildman–Crippen LogP) is 4.85. The lowest BCUT2D eigenvalue weighted by Crippen LogP contribution is -2.28. The highest BCUT2D eigenvalue weighted by Crippen LogP contribution is 2.34. The number of para-hydroxylation sites is 1. The minimum Gasteiger partial charge on any atom is -0.375 e. The van der Waals surface area contributed by atoms with Gasteiger partial charge in [-0.1, -0.05) is 41.9 Å². The van der Waals surface area contributed by atoms with Gasteiger partial charge in [0, 0.05) is 10.6 Å². The van der Waals surface area contributed by atoms with Crippen LogP contribution in [-0.4, -0.2) is 13.9 Å². The van der Waals surface area contributed by atoms with Crippen LogP contribution in [0.2, 0.25) is 5.02 Å². The summed E-state index contributed by atoms with van der Waals surface area (Å²) in [6, 6.07) is 11.7. The molecule has 0 atom stereocenters. The number of benzene rings is 2. The molecule has 22 heavy (non-hydrogen) atoms. The summed E-state index contributed by atoms with van der Waals surface area (Å²) < 4.78 is 63.5. The Labute approximate surface area is 147 Å². The minimum atomic E-state index is -5.72. The third-order valence-corrected chi connectivity index (χ3v) is 3.74. The summed E-state index contributed by atoms with van der Waals surface area (Å²) in [5.74, 6) is -0.405. The summed E-state index contributed by atoms with van der Waals surface area (Å²) in [5, 5.41) is 0.445. The molecule has 2 aromatic carbocycles. The van der Waals surface area contributed by atoms with Gasteiger partial charge < -0.3 is 4.18 Å². The van der Waals surface area contributed by atoms with Crippen molar-refractivity contribution in [3.05, 3.63) is 53.6 Å². The van der Waals surface area contributed by atoms with E-state index in [9.17, 15) is 21.6 Å². The average molecular weight is 465 g/mol. The third kappa shape index (κ3) is 4.26. The van der Waals surface area contributed by atoms with Gasteiger partial charge in [0.05, 0.1) is 0 Å². The smallest absolute Gasteiger partial charge is 0.375 e. The van der Waals surface area contributed by atoms with Gasteiger partial charge in [0.1, 0.15) is 0 Å². The van der Waals surface area contributed by atoms with Gasteiger partial charge in [-0.15, -0.1) is 24.0 Å². The van der Waals surface area contributed by atoms with Crippen LogP contribution in [0.1, 0.15) is 0 Å². The van der Waals surface area contributed by atoms with Gasteiger partial charge in [-0.05, 0) is 23.8 Å².